The van der Waals surface area contributed by atoms with Crippen LogP contribution in [0.15, 0.2) is 109 Å². The van der Waals surface area contributed by atoms with E-state index in [1.165, 1.54) is 0 Å². The van der Waals surface area contributed by atoms with Crippen LogP contribution in [0.4, 0.5) is 14.4 Å². The molecule has 5 amide bonds. The van der Waals surface area contributed by atoms with Gasteiger partial charge in [0.05, 0.1) is 0 Å². The number of hydrogen-bond acceptors (Lipinski definition) is 12. The lowest BCUT2D eigenvalue weighted by atomic mass is 9.98. The average molecular weight is 1010 g/mol. The molecule has 0 heterocycles. The van der Waals surface area contributed by atoms with Gasteiger partial charge in [-0.1, -0.05) is 109 Å². The van der Waals surface area contributed by atoms with Gasteiger partial charge in [0.25, 0.3) is 0 Å². The molecule has 392 valence electrons. The second-order valence-corrected chi connectivity index (χ2v) is 19.8. The Morgan fingerprint density at radius 1 is 0.479 bits per heavy atom. The van der Waals surface area contributed by atoms with Crippen LogP contribution in [0.1, 0.15) is 121 Å². The Morgan fingerprint density at radius 3 is 1.38 bits per heavy atom. The van der Waals surface area contributed by atoms with Crippen LogP contribution in [-0.2, 0) is 56.1 Å². The molecule has 0 unspecified atom stereocenters. The number of carbonyl (C=O) groups excluding carboxylic acids is 7. The Morgan fingerprint density at radius 2 is 0.918 bits per heavy atom. The molecule has 0 bridgehead atoms. The maximum Gasteiger partial charge on any atom is 0.407 e. The Balaban J connectivity index is 1.23. The summed E-state index contributed by atoms with van der Waals surface area (Å²) in [6, 6.07) is 30.6. The van der Waals surface area contributed by atoms with Crippen molar-refractivity contribution in [1.82, 2.24) is 26.6 Å². The van der Waals surface area contributed by atoms with Crippen molar-refractivity contribution < 1.29 is 57.2 Å². The molecular weight excluding hydrogens is 935 g/mol. The maximum atomic E-state index is 14.3. The third kappa shape index (κ3) is 19.9. The fourth-order valence-corrected chi connectivity index (χ4v) is 7.99. The van der Waals surface area contributed by atoms with Gasteiger partial charge in [0.2, 0.25) is 11.8 Å². The van der Waals surface area contributed by atoms with Crippen LogP contribution in [0.5, 0.6) is 0 Å². The van der Waals surface area contributed by atoms with E-state index in [9.17, 15) is 33.6 Å². The third-order valence-electron chi connectivity index (χ3n) is 11.4. The largest absolute Gasteiger partial charge is 0.458 e. The van der Waals surface area contributed by atoms with Gasteiger partial charge in [0.1, 0.15) is 49.1 Å². The molecule has 4 aromatic carbocycles. The van der Waals surface area contributed by atoms with Gasteiger partial charge >= 0.3 is 30.2 Å². The highest BCUT2D eigenvalue weighted by atomic mass is 16.6. The highest BCUT2D eigenvalue weighted by Gasteiger charge is 2.33. The van der Waals surface area contributed by atoms with Gasteiger partial charge in [-0.15, -0.1) is 0 Å². The number of nitrogens with one attached hydrogen (secondary N) is 5. The Hall–Kier alpha value is -7.43. The highest BCUT2D eigenvalue weighted by molar-refractivity contribution is 5.91. The van der Waals surface area contributed by atoms with E-state index < -0.39 is 71.4 Å². The standard InChI is InChI=1S/C56H71N5O12/c1-55(2,3)72-50(64)46(29-17-19-33-57-52(66)69-35-38-21-9-7-10-22-38)59-48(62)32-31-45(61-54(68)71-37-44-42-27-15-13-25-40(42)41-26-14-16-28-43(41)44)49(63)60-47(51(65)73-56(4,5)6)30-18-20-34-58-53(67)70-36-39-23-11-8-12-24-39/h7-16,21-28,44-47H,17-20,29-37H2,1-6H3,(H,57,66)(H,58,67)(H,59,62)(H,60,63)(H,61,68)/t45-,46-,47-/m0/s1. The van der Waals surface area contributed by atoms with Crippen molar-refractivity contribution in [1.29, 1.82) is 0 Å². The molecule has 17 heteroatoms. The van der Waals surface area contributed by atoms with Crippen LogP contribution in [0.3, 0.4) is 0 Å². The van der Waals surface area contributed by atoms with Gasteiger partial charge in [0, 0.05) is 25.4 Å². The first kappa shape index (κ1) is 56.5. The van der Waals surface area contributed by atoms with Crippen molar-refractivity contribution in [3.8, 4) is 11.1 Å². The average Bonchev–Trinajstić information content (AvgIpc) is 3.67. The summed E-state index contributed by atoms with van der Waals surface area (Å²) >= 11 is 0. The molecule has 0 aromatic heterocycles. The molecule has 0 fully saturated rings. The zero-order valence-corrected chi connectivity index (χ0v) is 42.8. The van der Waals surface area contributed by atoms with E-state index in [2.05, 4.69) is 26.6 Å². The predicted molar refractivity (Wildman–Crippen MR) is 274 cm³/mol. The minimum atomic E-state index is -1.39. The zero-order chi connectivity index (χ0) is 52.8. The lowest BCUT2D eigenvalue weighted by molar-refractivity contribution is -0.159. The predicted octanol–water partition coefficient (Wildman–Crippen LogP) is 8.52. The molecule has 5 rings (SSSR count). The summed E-state index contributed by atoms with van der Waals surface area (Å²) in [5, 5.41) is 13.5. The second-order valence-electron chi connectivity index (χ2n) is 19.8. The summed E-state index contributed by atoms with van der Waals surface area (Å²) in [5.41, 5.74) is 3.94. The van der Waals surface area contributed by atoms with Crippen molar-refractivity contribution in [3.63, 3.8) is 0 Å². The van der Waals surface area contributed by atoms with Gasteiger partial charge in [-0.2, -0.15) is 0 Å². The SMILES string of the molecule is CC(C)(C)OC(=O)[C@H](CCCCNC(=O)OCc1ccccc1)NC(=O)CC[C@H](NC(=O)OCC1c2ccccc2-c2ccccc21)C(=O)N[C@@H](CCCCNC(=O)OCc1ccccc1)C(=O)OC(C)(C)C. The molecule has 17 nitrogen and oxygen atoms in total. The zero-order valence-electron chi connectivity index (χ0n) is 42.8. The molecule has 0 radical (unpaired) electrons. The van der Waals surface area contributed by atoms with Gasteiger partial charge in [-0.05, 0) is 120 Å². The minimum Gasteiger partial charge on any atom is -0.458 e. The summed E-state index contributed by atoms with van der Waals surface area (Å²) in [6.45, 7) is 10.9. The minimum absolute atomic E-state index is 0.0506. The maximum absolute atomic E-state index is 14.3. The van der Waals surface area contributed by atoms with Gasteiger partial charge < -0.3 is 50.3 Å². The number of fused-ring (bicyclic) bond motifs is 3. The van der Waals surface area contributed by atoms with Crippen molar-refractivity contribution in [3.05, 3.63) is 131 Å². The van der Waals surface area contributed by atoms with E-state index in [1.807, 2.05) is 109 Å². The number of carbonyl (C=O) groups is 7. The summed E-state index contributed by atoms with van der Waals surface area (Å²) < 4.78 is 27.7. The number of unbranched alkanes of at least 4 members (excludes halogenated alkanes) is 2. The highest BCUT2D eigenvalue weighted by Crippen LogP contribution is 2.44. The summed E-state index contributed by atoms with van der Waals surface area (Å²) in [6.07, 6.45) is -0.753. The van der Waals surface area contributed by atoms with E-state index >= 15 is 0 Å². The number of benzene rings is 4. The fraction of sp³-hybridized carbons (Fsp3) is 0.446. The Kier molecular flexibility index (Phi) is 21.6. The number of alkyl carbamates (subject to hydrolysis) is 3. The monoisotopic (exact) mass is 1010 g/mol. The Bertz CT molecular complexity index is 2410. The van der Waals surface area contributed by atoms with Gasteiger partial charge in [-0.3, -0.25) is 9.59 Å². The molecule has 3 atom stereocenters. The van der Waals surface area contributed by atoms with Gasteiger partial charge in [0.15, 0.2) is 0 Å². The van der Waals surface area contributed by atoms with Crippen LogP contribution in [0, 0.1) is 0 Å². The summed E-state index contributed by atoms with van der Waals surface area (Å²) in [7, 11) is 0. The normalized spacial score (nSPS) is 13.1. The van der Waals surface area contributed by atoms with Crippen LogP contribution >= 0.6 is 0 Å². The molecule has 73 heavy (non-hydrogen) atoms. The van der Waals surface area contributed by atoms with Crippen molar-refractivity contribution >= 4 is 42.0 Å². The number of esters is 2. The molecule has 5 N–H and O–H groups in total. The van der Waals surface area contributed by atoms with Crippen molar-refractivity contribution in [2.75, 3.05) is 19.7 Å². The summed E-state index contributed by atoms with van der Waals surface area (Å²) in [5.74, 6) is -3.04. The van der Waals surface area contributed by atoms with E-state index in [4.69, 9.17) is 23.7 Å². The molecular formula is C56H71N5O12. The van der Waals surface area contributed by atoms with Gasteiger partial charge in [-0.25, -0.2) is 24.0 Å². The van der Waals surface area contributed by atoms with Crippen LogP contribution in [-0.4, -0.2) is 91.1 Å². The van der Waals surface area contributed by atoms with E-state index in [1.54, 1.807) is 41.5 Å². The fourth-order valence-electron chi connectivity index (χ4n) is 7.99. The molecule has 0 aliphatic heterocycles. The molecule has 0 saturated carbocycles. The number of hydrogen-bond donors (Lipinski definition) is 5. The van der Waals surface area contributed by atoms with E-state index in [-0.39, 0.29) is 64.5 Å². The first-order valence-electron chi connectivity index (χ1n) is 24.9. The molecule has 1 aliphatic rings. The lowest BCUT2D eigenvalue weighted by Gasteiger charge is -2.27. The first-order valence-corrected chi connectivity index (χ1v) is 24.9. The van der Waals surface area contributed by atoms with Crippen LogP contribution in [0.25, 0.3) is 11.1 Å². The summed E-state index contributed by atoms with van der Waals surface area (Å²) in [4.78, 5) is 93.3. The molecule has 1 aliphatic carbocycles. The number of ether oxygens (including phenoxy) is 5. The quantitative estimate of drug-likeness (QED) is 0.0239. The second kappa shape index (κ2) is 28.0. The number of amides is 5. The van der Waals surface area contributed by atoms with E-state index in [0.717, 1.165) is 33.4 Å². The van der Waals surface area contributed by atoms with E-state index in [0.29, 0.717) is 25.7 Å². The Labute approximate surface area is 428 Å². The van der Waals surface area contributed by atoms with Crippen LogP contribution in [0.2, 0.25) is 0 Å². The van der Waals surface area contributed by atoms with Crippen molar-refractivity contribution in [2.24, 2.45) is 0 Å². The van der Waals surface area contributed by atoms with Crippen molar-refractivity contribution in [2.45, 2.75) is 141 Å². The first-order chi connectivity index (χ1) is 34.8. The molecule has 0 saturated heterocycles. The molecule has 0 spiro atoms. The smallest absolute Gasteiger partial charge is 0.407 e. The third-order valence-corrected chi connectivity index (χ3v) is 11.4. The van der Waals surface area contributed by atoms with Crippen LogP contribution < -0.4 is 26.6 Å². The topological polar surface area (TPSA) is 226 Å². The molecule has 4 aromatic rings. The number of rotatable bonds is 25. The lowest BCUT2D eigenvalue weighted by Crippen LogP contribution is -2.53.